The maximum Gasteiger partial charge on any atom is 0.411 e. The highest BCUT2D eigenvalue weighted by Gasteiger charge is 2.72. The van der Waals surface area contributed by atoms with Gasteiger partial charge in [-0.25, -0.2) is 0 Å². The lowest BCUT2D eigenvalue weighted by Crippen LogP contribution is -2.57. The average molecular weight is 313 g/mol. The Morgan fingerprint density at radius 2 is 1.43 bits per heavy atom. The van der Waals surface area contributed by atoms with E-state index in [9.17, 15) is 31.1 Å². The molecule has 1 N–H and O–H groups in total. The third kappa shape index (κ3) is 3.30. The van der Waals surface area contributed by atoms with Crippen LogP contribution in [0.25, 0.3) is 0 Å². The summed E-state index contributed by atoms with van der Waals surface area (Å²) in [5, 5.41) is 1.77. The topological polar surface area (TPSA) is 29.1 Å². The van der Waals surface area contributed by atoms with Gasteiger partial charge in [-0.15, -0.1) is 0 Å². The zero-order valence-electron chi connectivity index (χ0n) is 11.1. The first kappa shape index (κ1) is 17.3. The van der Waals surface area contributed by atoms with Gasteiger partial charge in [0.15, 0.2) is 0 Å². The molecule has 118 valence electrons. The number of alkyl halides is 6. The number of hydrogen-bond acceptors (Lipinski definition) is 1. The fourth-order valence-electron chi connectivity index (χ4n) is 1.58. The highest BCUT2D eigenvalue weighted by Crippen LogP contribution is 2.50. The van der Waals surface area contributed by atoms with E-state index in [0.717, 1.165) is 0 Å². The van der Waals surface area contributed by atoms with Crippen LogP contribution in [0, 0.1) is 5.41 Å². The smallest absolute Gasteiger partial charge is 0.349 e. The summed E-state index contributed by atoms with van der Waals surface area (Å²) in [7, 11) is 0. The van der Waals surface area contributed by atoms with E-state index in [1.54, 1.807) is 23.5 Å². The molecule has 0 aliphatic rings. The van der Waals surface area contributed by atoms with E-state index in [0.29, 0.717) is 5.56 Å². The predicted octanol–water partition coefficient (Wildman–Crippen LogP) is 3.99. The molecular formula is C13H13F6NO. The Morgan fingerprint density at radius 1 is 1.00 bits per heavy atom. The van der Waals surface area contributed by atoms with Gasteiger partial charge in [-0.05, 0) is 19.4 Å². The summed E-state index contributed by atoms with van der Waals surface area (Å²) in [5.74, 6) is -2.13. The lowest BCUT2D eigenvalue weighted by atomic mass is 9.87. The first-order chi connectivity index (χ1) is 9.41. The summed E-state index contributed by atoms with van der Waals surface area (Å²) < 4.78 is 76.3. The monoisotopic (exact) mass is 313 g/mol. The van der Waals surface area contributed by atoms with Gasteiger partial charge in [0.05, 0.1) is 6.04 Å². The second kappa shape index (κ2) is 5.57. The molecule has 0 heterocycles. The van der Waals surface area contributed by atoms with Gasteiger partial charge < -0.3 is 5.32 Å². The molecule has 2 nitrogen and oxygen atoms in total. The Bertz CT molecular complexity index is 480. The van der Waals surface area contributed by atoms with E-state index in [1.807, 2.05) is 0 Å². The van der Waals surface area contributed by atoms with Crippen molar-refractivity contribution in [2.75, 3.05) is 0 Å². The van der Waals surface area contributed by atoms with Crippen molar-refractivity contribution in [3.63, 3.8) is 0 Å². The van der Waals surface area contributed by atoms with Crippen molar-refractivity contribution < 1.29 is 31.1 Å². The van der Waals surface area contributed by atoms with Crippen LogP contribution < -0.4 is 5.32 Å². The Hall–Kier alpha value is -1.73. The normalized spacial score (nSPS) is 14.7. The third-order valence-electron chi connectivity index (χ3n) is 3.24. The lowest BCUT2D eigenvalue weighted by Gasteiger charge is -2.33. The Kier molecular flexibility index (Phi) is 4.60. The van der Waals surface area contributed by atoms with Crippen LogP contribution in [0.2, 0.25) is 0 Å². The van der Waals surface area contributed by atoms with Gasteiger partial charge in [0.25, 0.3) is 0 Å². The van der Waals surface area contributed by atoms with Gasteiger partial charge in [0.1, 0.15) is 0 Å². The molecule has 1 aromatic carbocycles. The average Bonchev–Trinajstić information content (AvgIpc) is 2.35. The van der Waals surface area contributed by atoms with Crippen molar-refractivity contribution in [3.8, 4) is 0 Å². The van der Waals surface area contributed by atoms with Crippen LogP contribution in [0.5, 0.6) is 0 Å². The van der Waals surface area contributed by atoms with E-state index in [4.69, 9.17) is 0 Å². The minimum absolute atomic E-state index is 0.167. The number of carbonyl (C=O) groups excluding carboxylic acids is 1. The fraction of sp³-hybridized carbons (Fsp3) is 0.462. The van der Waals surface area contributed by atoms with E-state index < -0.39 is 29.7 Å². The Morgan fingerprint density at radius 3 is 1.81 bits per heavy atom. The van der Waals surface area contributed by atoms with Crippen LogP contribution in [-0.2, 0) is 4.79 Å². The Labute approximate surface area is 117 Å². The fourth-order valence-corrected chi connectivity index (χ4v) is 1.58. The first-order valence-corrected chi connectivity index (χ1v) is 5.90. The van der Waals surface area contributed by atoms with Crippen LogP contribution >= 0.6 is 0 Å². The molecule has 1 aromatic rings. The molecule has 0 aliphatic carbocycles. The van der Waals surface area contributed by atoms with Crippen molar-refractivity contribution in [1.29, 1.82) is 0 Å². The standard InChI is InChI=1S/C13H13F6NO/c1-8(9-6-4-3-5-7-9)20-10(21)11(2,12(14,15)16)13(17,18)19/h3-8H,1-2H3,(H,20,21)/t8-/m1/s1. The molecule has 0 aromatic heterocycles. The second-order valence-electron chi connectivity index (χ2n) is 4.73. The van der Waals surface area contributed by atoms with Crippen molar-refractivity contribution >= 4 is 5.91 Å². The van der Waals surface area contributed by atoms with Crippen molar-refractivity contribution in [3.05, 3.63) is 35.9 Å². The number of carbonyl (C=O) groups is 1. The van der Waals surface area contributed by atoms with Crippen molar-refractivity contribution in [2.45, 2.75) is 32.2 Å². The molecule has 0 unspecified atom stereocenters. The molecule has 1 rings (SSSR count). The van der Waals surface area contributed by atoms with Gasteiger partial charge in [-0.3, -0.25) is 4.79 Å². The summed E-state index contributed by atoms with van der Waals surface area (Å²) in [6.45, 7) is 1.14. The SMILES string of the molecule is C[C@@H](NC(=O)C(C)(C(F)(F)F)C(F)(F)F)c1ccccc1. The predicted molar refractivity (Wildman–Crippen MR) is 63.2 cm³/mol. The molecule has 1 atom stereocenters. The quantitative estimate of drug-likeness (QED) is 0.840. The van der Waals surface area contributed by atoms with E-state index in [-0.39, 0.29) is 6.92 Å². The van der Waals surface area contributed by atoms with E-state index in [2.05, 4.69) is 0 Å². The summed E-state index contributed by atoms with van der Waals surface area (Å²) in [5.41, 5.74) is -4.05. The van der Waals surface area contributed by atoms with E-state index >= 15 is 0 Å². The molecule has 8 heteroatoms. The molecule has 0 saturated carbocycles. The maximum absolute atomic E-state index is 12.7. The van der Waals surface area contributed by atoms with Crippen LogP contribution in [0.1, 0.15) is 25.5 Å². The van der Waals surface area contributed by atoms with Gasteiger partial charge in [-0.2, -0.15) is 26.3 Å². The second-order valence-corrected chi connectivity index (χ2v) is 4.73. The lowest BCUT2D eigenvalue weighted by molar-refractivity contribution is -0.319. The first-order valence-electron chi connectivity index (χ1n) is 5.90. The molecule has 0 aliphatic heterocycles. The minimum atomic E-state index is -5.74. The summed E-state index contributed by atoms with van der Waals surface area (Å²) in [6.07, 6.45) is -11.5. The highest BCUT2D eigenvalue weighted by molar-refractivity contribution is 5.84. The number of hydrogen-bond donors (Lipinski definition) is 1. The third-order valence-corrected chi connectivity index (χ3v) is 3.24. The van der Waals surface area contributed by atoms with Gasteiger partial charge >= 0.3 is 12.4 Å². The maximum atomic E-state index is 12.7. The summed E-state index contributed by atoms with van der Waals surface area (Å²) in [6, 6.07) is 6.75. The molecule has 0 bridgehead atoms. The molecule has 0 radical (unpaired) electrons. The minimum Gasteiger partial charge on any atom is -0.349 e. The number of rotatable bonds is 3. The highest BCUT2D eigenvalue weighted by atomic mass is 19.4. The molecule has 1 amide bonds. The Balaban J connectivity index is 3.05. The van der Waals surface area contributed by atoms with Gasteiger partial charge in [0.2, 0.25) is 11.3 Å². The zero-order chi connectivity index (χ0) is 16.5. The van der Waals surface area contributed by atoms with Crippen LogP contribution in [-0.4, -0.2) is 18.3 Å². The van der Waals surface area contributed by atoms with Crippen LogP contribution in [0.3, 0.4) is 0 Å². The zero-order valence-corrected chi connectivity index (χ0v) is 11.1. The largest absolute Gasteiger partial charge is 0.411 e. The van der Waals surface area contributed by atoms with E-state index in [1.165, 1.54) is 19.1 Å². The van der Waals surface area contributed by atoms with Crippen molar-refractivity contribution in [2.24, 2.45) is 5.41 Å². The van der Waals surface area contributed by atoms with Gasteiger partial charge in [0, 0.05) is 0 Å². The number of halogens is 6. The number of amides is 1. The number of nitrogens with one attached hydrogen (secondary N) is 1. The summed E-state index contributed by atoms with van der Waals surface area (Å²) >= 11 is 0. The van der Waals surface area contributed by atoms with Crippen molar-refractivity contribution in [1.82, 2.24) is 5.32 Å². The number of benzene rings is 1. The molecule has 0 fully saturated rings. The molecule has 0 spiro atoms. The molecular weight excluding hydrogens is 300 g/mol. The van der Waals surface area contributed by atoms with Gasteiger partial charge in [-0.1, -0.05) is 30.3 Å². The van der Waals surface area contributed by atoms with Crippen LogP contribution in [0.15, 0.2) is 30.3 Å². The summed E-state index contributed by atoms with van der Waals surface area (Å²) in [4.78, 5) is 11.6. The molecule has 0 saturated heterocycles. The van der Waals surface area contributed by atoms with Crippen LogP contribution in [0.4, 0.5) is 26.3 Å². The molecule has 21 heavy (non-hydrogen) atoms.